The molecule has 0 fully saturated rings. The maximum atomic E-state index is 2.29. The van der Waals surface area contributed by atoms with Gasteiger partial charge < -0.3 is 4.90 Å². The molecule has 0 unspecified atom stereocenters. The van der Waals surface area contributed by atoms with Gasteiger partial charge in [0.05, 0.1) is 0 Å². The molecule has 0 saturated heterocycles. The summed E-state index contributed by atoms with van der Waals surface area (Å²) in [5.41, 5.74) is 0. The van der Waals surface area contributed by atoms with Crippen molar-refractivity contribution >= 4 is 0 Å². The number of hydrogen-bond donors (Lipinski definition) is 0. The Morgan fingerprint density at radius 3 is 1.56 bits per heavy atom. The molecule has 0 aliphatic heterocycles. The Labute approximate surface area is 116 Å². The molecular formula is C17H35N. The smallest absolute Gasteiger partial charge is 0.00555 e. The van der Waals surface area contributed by atoms with E-state index in [0.29, 0.717) is 0 Å². The lowest BCUT2D eigenvalue weighted by Crippen LogP contribution is -1.99. The summed E-state index contributed by atoms with van der Waals surface area (Å²) < 4.78 is 0. The zero-order valence-electron chi connectivity index (χ0n) is 13.1. The summed E-state index contributed by atoms with van der Waals surface area (Å²) >= 11 is 0. The summed E-state index contributed by atoms with van der Waals surface area (Å²) in [4.78, 5) is 2.11. The molecule has 0 aromatic heterocycles. The third-order valence-corrected chi connectivity index (χ3v) is 3.38. The second-order valence-corrected chi connectivity index (χ2v) is 5.67. The van der Waals surface area contributed by atoms with Crippen molar-refractivity contribution in [3.63, 3.8) is 0 Å². The third kappa shape index (κ3) is 15.5. The van der Waals surface area contributed by atoms with Gasteiger partial charge in [-0.2, -0.15) is 0 Å². The molecule has 108 valence electrons. The van der Waals surface area contributed by atoms with Crippen LogP contribution in [0.1, 0.15) is 84.0 Å². The normalized spacial score (nSPS) is 11.3. The monoisotopic (exact) mass is 253 g/mol. The number of hydrogen-bond acceptors (Lipinski definition) is 1. The van der Waals surface area contributed by atoms with E-state index in [4.69, 9.17) is 0 Å². The molecule has 0 rings (SSSR count). The first-order chi connectivity index (χ1) is 8.77. The molecule has 0 bridgehead atoms. The summed E-state index contributed by atoms with van der Waals surface area (Å²) in [6.45, 7) is 2.29. The zero-order valence-corrected chi connectivity index (χ0v) is 13.1. The summed E-state index contributed by atoms with van der Waals surface area (Å²) in [6, 6.07) is 0. The number of nitrogens with zero attached hydrogens (tertiary/aromatic N) is 1. The number of unbranched alkanes of at least 4 members (excludes halogenated alkanes) is 11. The van der Waals surface area contributed by atoms with E-state index in [1.165, 1.54) is 77.0 Å². The van der Waals surface area contributed by atoms with Gasteiger partial charge in [0.1, 0.15) is 0 Å². The standard InChI is InChI=1S/C17H35N/c1-4-5-6-7-8-9-10-11-12-13-14-15-16-17-18(2)3/h16-17H,4-15H2,1-3H3. The summed E-state index contributed by atoms with van der Waals surface area (Å²) in [7, 11) is 4.16. The van der Waals surface area contributed by atoms with Gasteiger partial charge in [-0.15, -0.1) is 0 Å². The van der Waals surface area contributed by atoms with Gasteiger partial charge >= 0.3 is 0 Å². The second-order valence-electron chi connectivity index (χ2n) is 5.67. The first-order valence-corrected chi connectivity index (χ1v) is 8.10. The molecule has 0 spiro atoms. The highest BCUT2D eigenvalue weighted by atomic mass is 15.0. The predicted octanol–water partition coefficient (Wildman–Crippen LogP) is 5.76. The lowest BCUT2D eigenvalue weighted by Gasteiger charge is -2.03. The molecule has 0 amide bonds. The van der Waals surface area contributed by atoms with Crippen LogP contribution in [0.2, 0.25) is 0 Å². The van der Waals surface area contributed by atoms with E-state index in [1.807, 2.05) is 0 Å². The van der Waals surface area contributed by atoms with Crippen molar-refractivity contribution in [2.75, 3.05) is 14.1 Å². The molecular weight excluding hydrogens is 218 g/mol. The highest BCUT2D eigenvalue weighted by Crippen LogP contribution is 2.11. The summed E-state index contributed by atoms with van der Waals surface area (Å²) in [6.07, 6.45) is 21.4. The maximum Gasteiger partial charge on any atom is 0.00555 e. The highest BCUT2D eigenvalue weighted by molar-refractivity contribution is 4.78. The Bertz CT molecular complexity index is 172. The Hall–Kier alpha value is -0.460. The molecule has 0 radical (unpaired) electrons. The van der Waals surface area contributed by atoms with Crippen LogP contribution in [0.3, 0.4) is 0 Å². The van der Waals surface area contributed by atoms with Crippen LogP contribution in [0.5, 0.6) is 0 Å². The number of allylic oxidation sites excluding steroid dienone is 1. The van der Waals surface area contributed by atoms with Gasteiger partial charge in [-0.25, -0.2) is 0 Å². The summed E-state index contributed by atoms with van der Waals surface area (Å²) in [5.74, 6) is 0. The number of rotatable bonds is 13. The second kappa shape index (κ2) is 14.6. The molecule has 0 N–H and O–H groups in total. The van der Waals surface area contributed by atoms with Gasteiger partial charge in [-0.1, -0.05) is 77.2 Å². The Balaban J connectivity index is 2.99. The SMILES string of the molecule is CCCCCCCCCCCCCC=CN(C)C. The quantitative estimate of drug-likeness (QED) is 0.377. The first-order valence-electron chi connectivity index (χ1n) is 8.10. The average Bonchev–Trinajstić information content (AvgIpc) is 2.34. The molecule has 0 aliphatic carbocycles. The van der Waals surface area contributed by atoms with Crippen molar-refractivity contribution in [1.29, 1.82) is 0 Å². The van der Waals surface area contributed by atoms with Gasteiger partial charge in [0.15, 0.2) is 0 Å². The molecule has 1 nitrogen and oxygen atoms in total. The third-order valence-electron chi connectivity index (χ3n) is 3.38. The predicted molar refractivity (Wildman–Crippen MR) is 83.9 cm³/mol. The van der Waals surface area contributed by atoms with Gasteiger partial charge in [0.25, 0.3) is 0 Å². The molecule has 0 saturated carbocycles. The highest BCUT2D eigenvalue weighted by Gasteiger charge is 1.92. The lowest BCUT2D eigenvalue weighted by molar-refractivity contribution is 0.546. The largest absolute Gasteiger partial charge is 0.384 e. The fraction of sp³-hybridized carbons (Fsp3) is 0.882. The fourth-order valence-corrected chi connectivity index (χ4v) is 2.21. The van der Waals surface area contributed by atoms with Gasteiger partial charge in [0, 0.05) is 14.1 Å². The van der Waals surface area contributed by atoms with Gasteiger partial charge in [0.2, 0.25) is 0 Å². The molecule has 0 aromatic rings. The topological polar surface area (TPSA) is 3.24 Å². The van der Waals surface area contributed by atoms with Crippen molar-refractivity contribution in [1.82, 2.24) is 4.90 Å². The zero-order chi connectivity index (χ0) is 13.5. The Kier molecular flexibility index (Phi) is 14.2. The Morgan fingerprint density at radius 2 is 1.11 bits per heavy atom. The molecule has 0 aliphatic rings. The van der Waals surface area contributed by atoms with E-state index < -0.39 is 0 Å². The van der Waals surface area contributed by atoms with E-state index in [9.17, 15) is 0 Å². The van der Waals surface area contributed by atoms with E-state index in [0.717, 1.165) is 0 Å². The fourth-order valence-electron chi connectivity index (χ4n) is 2.21. The average molecular weight is 253 g/mol. The van der Waals surface area contributed by atoms with Gasteiger partial charge in [-0.05, 0) is 19.0 Å². The minimum atomic E-state index is 1.25. The van der Waals surface area contributed by atoms with E-state index in [1.54, 1.807) is 0 Å². The van der Waals surface area contributed by atoms with Crippen LogP contribution in [0.4, 0.5) is 0 Å². The van der Waals surface area contributed by atoms with Crippen LogP contribution >= 0.6 is 0 Å². The van der Waals surface area contributed by atoms with Crippen LogP contribution in [0.25, 0.3) is 0 Å². The van der Waals surface area contributed by atoms with E-state index in [2.05, 4.69) is 38.2 Å². The molecule has 1 heteroatoms. The molecule has 18 heavy (non-hydrogen) atoms. The van der Waals surface area contributed by atoms with Crippen LogP contribution in [0.15, 0.2) is 12.3 Å². The Morgan fingerprint density at radius 1 is 0.667 bits per heavy atom. The summed E-state index contributed by atoms with van der Waals surface area (Å²) in [5, 5.41) is 0. The van der Waals surface area contributed by atoms with Crippen LogP contribution in [-0.4, -0.2) is 19.0 Å². The van der Waals surface area contributed by atoms with Crippen molar-refractivity contribution in [3.05, 3.63) is 12.3 Å². The van der Waals surface area contributed by atoms with Crippen molar-refractivity contribution < 1.29 is 0 Å². The first kappa shape index (κ1) is 17.5. The minimum Gasteiger partial charge on any atom is -0.384 e. The van der Waals surface area contributed by atoms with Crippen LogP contribution in [0, 0.1) is 0 Å². The van der Waals surface area contributed by atoms with Crippen LogP contribution in [-0.2, 0) is 0 Å². The van der Waals surface area contributed by atoms with E-state index >= 15 is 0 Å². The molecule has 0 atom stereocenters. The molecule has 0 aromatic carbocycles. The van der Waals surface area contributed by atoms with Crippen molar-refractivity contribution in [3.8, 4) is 0 Å². The van der Waals surface area contributed by atoms with Gasteiger partial charge in [-0.3, -0.25) is 0 Å². The van der Waals surface area contributed by atoms with Crippen molar-refractivity contribution in [2.45, 2.75) is 84.0 Å². The maximum absolute atomic E-state index is 2.29. The van der Waals surface area contributed by atoms with Crippen molar-refractivity contribution in [2.24, 2.45) is 0 Å². The minimum absolute atomic E-state index is 1.25. The lowest BCUT2D eigenvalue weighted by atomic mass is 10.1. The molecule has 0 heterocycles. The van der Waals surface area contributed by atoms with E-state index in [-0.39, 0.29) is 0 Å². The van der Waals surface area contributed by atoms with Crippen LogP contribution < -0.4 is 0 Å².